The van der Waals surface area contributed by atoms with Crippen molar-refractivity contribution in [1.29, 1.82) is 0 Å². The molecule has 1 heterocycles. The minimum atomic E-state index is 0.000697. The van der Waals surface area contributed by atoms with Gasteiger partial charge in [-0.15, -0.1) is 0 Å². The van der Waals surface area contributed by atoms with E-state index in [2.05, 4.69) is 9.97 Å². The van der Waals surface area contributed by atoms with E-state index in [1.54, 1.807) is 19.2 Å². The molecule has 1 aromatic carbocycles. The maximum atomic E-state index is 9.47. The monoisotopic (exact) mass is 190 g/mol. The molecule has 0 aliphatic rings. The smallest absolute Gasteiger partial charge is 0.221 e. The van der Waals surface area contributed by atoms with Crippen LogP contribution in [0.2, 0.25) is 0 Å². The molecule has 0 unspecified atom stereocenters. The van der Waals surface area contributed by atoms with Crippen molar-refractivity contribution in [1.82, 2.24) is 9.97 Å². The third-order valence-electron chi connectivity index (χ3n) is 2.21. The Kier molecular flexibility index (Phi) is 1.96. The summed E-state index contributed by atoms with van der Waals surface area (Å²) < 4.78 is 5.15. The molecule has 0 spiro atoms. The number of fused-ring (bicyclic) bond motifs is 1. The second-order valence-corrected chi connectivity index (χ2v) is 2.99. The topological polar surface area (TPSA) is 55.2 Å². The van der Waals surface area contributed by atoms with Crippen LogP contribution in [0.5, 0.6) is 11.6 Å². The number of hydrogen-bond donors (Lipinski definition) is 1. The maximum Gasteiger partial charge on any atom is 0.221 e. The summed E-state index contributed by atoms with van der Waals surface area (Å²) >= 11 is 0. The summed E-state index contributed by atoms with van der Waals surface area (Å²) in [5.74, 6) is 0.761. The van der Waals surface area contributed by atoms with Crippen LogP contribution in [0, 0.1) is 6.92 Å². The van der Waals surface area contributed by atoms with Crippen molar-refractivity contribution < 1.29 is 9.84 Å². The normalized spacial score (nSPS) is 10.4. The lowest BCUT2D eigenvalue weighted by Crippen LogP contribution is -1.91. The molecule has 72 valence electrons. The van der Waals surface area contributed by atoms with Gasteiger partial charge in [0.2, 0.25) is 5.88 Å². The molecule has 1 aromatic heterocycles. The zero-order valence-electron chi connectivity index (χ0n) is 7.98. The summed E-state index contributed by atoms with van der Waals surface area (Å²) in [5, 5.41) is 10.1. The van der Waals surface area contributed by atoms with Crippen molar-refractivity contribution in [3.05, 3.63) is 24.0 Å². The van der Waals surface area contributed by atoms with Gasteiger partial charge in [0.1, 0.15) is 12.1 Å². The molecule has 0 bridgehead atoms. The molecular weight excluding hydrogens is 180 g/mol. The second-order valence-electron chi connectivity index (χ2n) is 2.99. The van der Waals surface area contributed by atoms with Crippen LogP contribution in [0.1, 0.15) is 5.56 Å². The highest BCUT2D eigenvalue weighted by Gasteiger charge is 2.07. The van der Waals surface area contributed by atoms with Crippen molar-refractivity contribution in [2.45, 2.75) is 6.92 Å². The van der Waals surface area contributed by atoms with Gasteiger partial charge >= 0.3 is 0 Å². The average Bonchev–Trinajstić information content (AvgIpc) is 2.20. The standard InChI is InChI=1S/C10H10N2O2/c1-6-8(14-2)4-3-7-9(6)11-5-12-10(7)13/h3-5H,1-2H3,(H,11,12,13). The van der Waals surface area contributed by atoms with Gasteiger partial charge in [-0.1, -0.05) is 0 Å². The van der Waals surface area contributed by atoms with E-state index in [1.165, 1.54) is 6.33 Å². The fourth-order valence-corrected chi connectivity index (χ4v) is 1.46. The van der Waals surface area contributed by atoms with E-state index in [-0.39, 0.29) is 5.88 Å². The molecule has 1 N–H and O–H groups in total. The first-order valence-electron chi connectivity index (χ1n) is 4.21. The summed E-state index contributed by atoms with van der Waals surface area (Å²) in [6.45, 7) is 1.90. The zero-order chi connectivity index (χ0) is 10.1. The fourth-order valence-electron chi connectivity index (χ4n) is 1.46. The number of nitrogens with zero attached hydrogens (tertiary/aromatic N) is 2. The largest absolute Gasteiger partial charge is 0.496 e. The molecule has 0 saturated heterocycles. The Labute approximate surface area is 81.2 Å². The first-order chi connectivity index (χ1) is 6.74. The minimum absolute atomic E-state index is 0.000697. The third kappa shape index (κ3) is 1.16. The van der Waals surface area contributed by atoms with E-state index >= 15 is 0 Å². The zero-order valence-corrected chi connectivity index (χ0v) is 7.98. The van der Waals surface area contributed by atoms with Crippen molar-refractivity contribution in [2.75, 3.05) is 7.11 Å². The van der Waals surface area contributed by atoms with Crippen molar-refractivity contribution >= 4 is 10.9 Å². The Hall–Kier alpha value is -1.84. The quantitative estimate of drug-likeness (QED) is 0.742. The summed E-state index contributed by atoms with van der Waals surface area (Å²) in [5.41, 5.74) is 1.62. The molecule has 0 radical (unpaired) electrons. The molecular formula is C10H10N2O2. The Morgan fingerprint density at radius 1 is 1.29 bits per heavy atom. The van der Waals surface area contributed by atoms with Gasteiger partial charge in [0, 0.05) is 5.56 Å². The molecule has 2 rings (SSSR count). The molecule has 0 amide bonds. The fraction of sp³-hybridized carbons (Fsp3) is 0.200. The SMILES string of the molecule is COc1ccc2c(O)ncnc2c1C. The number of methoxy groups -OCH3 is 1. The Morgan fingerprint density at radius 2 is 2.07 bits per heavy atom. The summed E-state index contributed by atoms with van der Waals surface area (Å²) in [6, 6.07) is 3.54. The van der Waals surface area contributed by atoms with Crippen LogP contribution in [-0.4, -0.2) is 22.2 Å². The number of hydrogen-bond acceptors (Lipinski definition) is 4. The van der Waals surface area contributed by atoms with Crippen molar-refractivity contribution in [3.8, 4) is 11.6 Å². The summed E-state index contributed by atoms with van der Waals surface area (Å²) in [6.07, 6.45) is 1.34. The summed E-state index contributed by atoms with van der Waals surface area (Å²) in [4.78, 5) is 7.81. The molecule has 0 aliphatic heterocycles. The van der Waals surface area contributed by atoms with Gasteiger partial charge in [0.05, 0.1) is 18.0 Å². The maximum absolute atomic E-state index is 9.47. The van der Waals surface area contributed by atoms with Crippen molar-refractivity contribution in [3.63, 3.8) is 0 Å². The lowest BCUT2D eigenvalue weighted by Gasteiger charge is -2.07. The van der Waals surface area contributed by atoms with E-state index in [1.807, 2.05) is 6.92 Å². The number of aromatic nitrogens is 2. The first-order valence-corrected chi connectivity index (χ1v) is 4.21. The highest BCUT2D eigenvalue weighted by molar-refractivity contribution is 5.87. The van der Waals surface area contributed by atoms with E-state index in [9.17, 15) is 5.11 Å². The lowest BCUT2D eigenvalue weighted by molar-refractivity contribution is 0.412. The molecule has 0 saturated carbocycles. The number of benzene rings is 1. The molecule has 14 heavy (non-hydrogen) atoms. The van der Waals surface area contributed by atoms with Gasteiger partial charge in [-0.3, -0.25) is 0 Å². The Morgan fingerprint density at radius 3 is 2.79 bits per heavy atom. The highest BCUT2D eigenvalue weighted by Crippen LogP contribution is 2.28. The van der Waals surface area contributed by atoms with E-state index in [4.69, 9.17) is 4.74 Å². The van der Waals surface area contributed by atoms with Crippen LogP contribution in [0.4, 0.5) is 0 Å². The van der Waals surface area contributed by atoms with Gasteiger partial charge in [-0.25, -0.2) is 9.97 Å². The predicted molar refractivity (Wildman–Crippen MR) is 52.5 cm³/mol. The predicted octanol–water partition coefficient (Wildman–Crippen LogP) is 1.65. The number of rotatable bonds is 1. The molecule has 0 aliphatic carbocycles. The van der Waals surface area contributed by atoms with Gasteiger partial charge in [-0.05, 0) is 19.1 Å². The molecule has 4 nitrogen and oxygen atoms in total. The van der Waals surface area contributed by atoms with E-state index in [0.29, 0.717) is 5.39 Å². The number of aromatic hydroxyl groups is 1. The van der Waals surface area contributed by atoms with Crippen molar-refractivity contribution in [2.24, 2.45) is 0 Å². The van der Waals surface area contributed by atoms with Gasteiger partial charge in [0.15, 0.2) is 0 Å². The average molecular weight is 190 g/mol. The Bertz CT molecular complexity index is 483. The van der Waals surface area contributed by atoms with Gasteiger partial charge < -0.3 is 9.84 Å². The lowest BCUT2D eigenvalue weighted by atomic mass is 10.1. The number of aryl methyl sites for hydroxylation is 1. The van der Waals surface area contributed by atoms with Crippen LogP contribution < -0.4 is 4.74 Å². The van der Waals surface area contributed by atoms with Crippen LogP contribution in [0.3, 0.4) is 0 Å². The molecule has 0 fully saturated rings. The minimum Gasteiger partial charge on any atom is -0.496 e. The molecule has 2 aromatic rings. The third-order valence-corrected chi connectivity index (χ3v) is 2.21. The molecule has 4 heteroatoms. The molecule has 0 atom stereocenters. The number of ether oxygens (including phenoxy) is 1. The highest BCUT2D eigenvalue weighted by atomic mass is 16.5. The van der Waals surface area contributed by atoms with Gasteiger partial charge in [-0.2, -0.15) is 0 Å². The summed E-state index contributed by atoms with van der Waals surface area (Å²) in [7, 11) is 1.61. The second kappa shape index (κ2) is 3.14. The van der Waals surface area contributed by atoms with Crippen LogP contribution >= 0.6 is 0 Å². The van der Waals surface area contributed by atoms with Gasteiger partial charge in [0.25, 0.3) is 0 Å². The van der Waals surface area contributed by atoms with Crippen LogP contribution in [-0.2, 0) is 0 Å². The van der Waals surface area contributed by atoms with E-state index < -0.39 is 0 Å². The van der Waals surface area contributed by atoms with Crippen LogP contribution in [0.15, 0.2) is 18.5 Å². The van der Waals surface area contributed by atoms with Crippen LogP contribution in [0.25, 0.3) is 10.9 Å². The Balaban J connectivity index is 2.84. The first kappa shape index (κ1) is 8.74. The van der Waals surface area contributed by atoms with E-state index in [0.717, 1.165) is 16.8 Å².